The number of benzene rings is 2. The SMILES string of the molecule is CNC(=O)c1ccc(Oc2ccc(C(=O)N3CC[C@@]4(C3)OC(=O)c3ccccc34)cc2)nc1. The summed E-state index contributed by atoms with van der Waals surface area (Å²) in [6, 6.07) is 17.3. The fourth-order valence-corrected chi connectivity index (χ4v) is 4.29. The number of rotatable bonds is 4. The molecule has 0 saturated carbocycles. The summed E-state index contributed by atoms with van der Waals surface area (Å²) in [6.07, 6.45) is 2.00. The molecule has 1 aromatic heterocycles. The zero-order chi connectivity index (χ0) is 23.0. The number of carbonyl (C=O) groups excluding carboxylic acids is 3. The van der Waals surface area contributed by atoms with Crippen molar-refractivity contribution in [2.45, 2.75) is 12.0 Å². The second kappa shape index (κ2) is 8.05. The van der Waals surface area contributed by atoms with Gasteiger partial charge in [0, 0.05) is 43.4 Å². The van der Waals surface area contributed by atoms with E-state index < -0.39 is 5.60 Å². The van der Waals surface area contributed by atoms with Crippen LogP contribution in [0.1, 0.15) is 43.1 Å². The van der Waals surface area contributed by atoms with E-state index in [-0.39, 0.29) is 17.8 Å². The number of fused-ring (bicyclic) bond motifs is 2. The highest BCUT2D eigenvalue weighted by Crippen LogP contribution is 2.43. The molecule has 3 heterocycles. The fraction of sp³-hybridized carbons (Fsp3) is 0.200. The predicted octanol–water partition coefficient (Wildman–Crippen LogP) is 3.15. The zero-order valence-corrected chi connectivity index (χ0v) is 17.9. The number of amides is 2. The lowest BCUT2D eigenvalue weighted by Crippen LogP contribution is -2.34. The highest BCUT2D eigenvalue weighted by Gasteiger charge is 2.50. The van der Waals surface area contributed by atoms with Gasteiger partial charge in [0.05, 0.1) is 17.7 Å². The van der Waals surface area contributed by atoms with Gasteiger partial charge >= 0.3 is 5.97 Å². The van der Waals surface area contributed by atoms with Gasteiger partial charge in [0.1, 0.15) is 5.75 Å². The molecular formula is C25H21N3O5. The van der Waals surface area contributed by atoms with Gasteiger partial charge in [-0.3, -0.25) is 9.59 Å². The van der Waals surface area contributed by atoms with Crippen LogP contribution in [0.5, 0.6) is 11.6 Å². The van der Waals surface area contributed by atoms with Gasteiger partial charge in [-0.05, 0) is 36.4 Å². The molecule has 8 nitrogen and oxygen atoms in total. The smallest absolute Gasteiger partial charge is 0.339 e. The minimum absolute atomic E-state index is 0.132. The largest absolute Gasteiger partial charge is 0.449 e. The van der Waals surface area contributed by atoms with Crippen LogP contribution >= 0.6 is 0 Å². The van der Waals surface area contributed by atoms with Crippen molar-refractivity contribution < 1.29 is 23.9 Å². The number of hydrogen-bond donors (Lipinski definition) is 1. The number of hydrogen-bond acceptors (Lipinski definition) is 6. The number of aromatic nitrogens is 1. The van der Waals surface area contributed by atoms with Crippen LogP contribution < -0.4 is 10.1 Å². The summed E-state index contributed by atoms with van der Waals surface area (Å²) >= 11 is 0. The Morgan fingerprint density at radius 3 is 2.55 bits per heavy atom. The molecule has 33 heavy (non-hydrogen) atoms. The Bertz CT molecular complexity index is 1240. The van der Waals surface area contributed by atoms with Crippen LogP contribution in [0.25, 0.3) is 0 Å². The molecule has 0 aliphatic carbocycles. The number of likely N-dealkylation sites (tertiary alicyclic amines) is 1. The molecule has 1 fully saturated rings. The normalized spacial score (nSPS) is 18.7. The van der Waals surface area contributed by atoms with Crippen molar-refractivity contribution in [1.82, 2.24) is 15.2 Å². The Balaban J connectivity index is 1.26. The lowest BCUT2D eigenvalue weighted by atomic mass is 9.91. The second-order valence-electron chi connectivity index (χ2n) is 8.00. The highest BCUT2D eigenvalue weighted by atomic mass is 16.6. The van der Waals surface area contributed by atoms with Gasteiger partial charge in [-0.25, -0.2) is 9.78 Å². The van der Waals surface area contributed by atoms with Gasteiger partial charge < -0.3 is 19.7 Å². The first kappa shape index (κ1) is 20.7. The fourth-order valence-electron chi connectivity index (χ4n) is 4.29. The minimum Gasteiger partial charge on any atom is -0.449 e. The van der Waals surface area contributed by atoms with Crippen molar-refractivity contribution in [1.29, 1.82) is 0 Å². The zero-order valence-electron chi connectivity index (χ0n) is 17.9. The number of nitrogens with one attached hydrogen (secondary N) is 1. The quantitative estimate of drug-likeness (QED) is 0.622. The van der Waals surface area contributed by atoms with Crippen molar-refractivity contribution in [3.8, 4) is 11.6 Å². The summed E-state index contributed by atoms with van der Waals surface area (Å²) in [6.45, 7) is 0.828. The Kier molecular flexibility index (Phi) is 5.05. The number of carbonyl (C=O) groups is 3. The summed E-state index contributed by atoms with van der Waals surface area (Å²) < 4.78 is 11.4. The van der Waals surface area contributed by atoms with E-state index in [0.29, 0.717) is 47.8 Å². The molecule has 3 aromatic rings. The molecule has 1 saturated heterocycles. The van der Waals surface area contributed by atoms with E-state index in [4.69, 9.17) is 9.47 Å². The van der Waals surface area contributed by atoms with E-state index in [9.17, 15) is 14.4 Å². The summed E-state index contributed by atoms with van der Waals surface area (Å²) in [4.78, 5) is 42.8. The van der Waals surface area contributed by atoms with Crippen LogP contribution in [0.3, 0.4) is 0 Å². The first-order valence-corrected chi connectivity index (χ1v) is 10.6. The van der Waals surface area contributed by atoms with Gasteiger partial charge in [-0.2, -0.15) is 0 Å². The van der Waals surface area contributed by atoms with Crippen molar-refractivity contribution in [2.75, 3.05) is 20.1 Å². The average molecular weight is 443 g/mol. The summed E-state index contributed by atoms with van der Waals surface area (Å²) in [5.74, 6) is 0.162. The third-order valence-corrected chi connectivity index (χ3v) is 5.99. The maximum Gasteiger partial charge on any atom is 0.339 e. The van der Waals surface area contributed by atoms with Crippen molar-refractivity contribution in [3.05, 3.63) is 89.1 Å². The third-order valence-electron chi connectivity index (χ3n) is 5.99. The lowest BCUT2D eigenvalue weighted by Gasteiger charge is -2.24. The second-order valence-corrected chi connectivity index (χ2v) is 8.00. The van der Waals surface area contributed by atoms with Gasteiger partial charge in [0.2, 0.25) is 5.88 Å². The van der Waals surface area contributed by atoms with Crippen LogP contribution in [0.15, 0.2) is 66.9 Å². The monoisotopic (exact) mass is 443 g/mol. The first-order valence-electron chi connectivity index (χ1n) is 10.6. The Labute approximate surface area is 190 Å². The minimum atomic E-state index is -0.765. The molecule has 166 valence electrons. The van der Waals surface area contributed by atoms with E-state index in [0.717, 1.165) is 5.56 Å². The van der Waals surface area contributed by atoms with Gasteiger partial charge in [0.25, 0.3) is 11.8 Å². The van der Waals surface area contributed by atoms with E-state index in [1.54, 1.807) is 54.4 Å². The lowest BCUT2D eigenvalue weighted by molar-refractivity contribution is -0.00306. The highest BCUT2D eigenvalue weighted by molar-refractivity contribution is 5.97. The summed E-state index contributed by atoms with van der Waals surface area (Å²) in [5, 5.41) is 2.53. The molecule has 8 heteroatoms. The van der Waals surface area contributed by atoms with Crippen LogP contribution in [0, 0.1) is 0 Å². The van der Waals surface area contributed by atoms with Gasteiger partial charge in [-0.15, -0.1) is 0 Å². The first-order chi connectivity index (χ1) is 16.0. The summed E-state index contributed by atoms with van der Waals surface area (Å²) in [5.41, 5.74) is 1.61. The number of esters is 1. The van der Waals surface area contributed by atoms with Crippen molar-refractivity contribution in [2.24, 2.45) is 0 Å². The van der Waals surface area contributed by atoms with Crippen molar-refractivity contribution in [3.63, 3.8) is 0 Å². The van der Waals surface area contributed by atoms with Gasteiger partial charge in [-0.1, -0.05) is 18.2 Å². The molecule has 0 bridgehead atoms. The molecule has 1 N–H and O–H groups in total. The van der Waals surface area contributed by atoms with Crippen LogP contribution in [-0.2, 0) is 10.3 Å². The maximum absolute atomic E-state index is 13.1. The standard InChI is InChI=1S/C25H21N3O5/c1-26-22(29)17-8-11-21(27-14-17)32-18-9-6-16(7-10-18)23(30)28-13-12-25(15-28)20-5-3-2-4-19(20)24(31)33-25/h2-11,14H,12-13,15H2,1H3,(H,26,29)/t25-/m0/s1. The molecule has 0 unspecified atom stereocenters. The average Bonchev–Trinajstić information content (AvgIpc) is 3.40. The van der Waals surface area contributed by atoms with Gasteiger partial charge in [0.15, 0.2) is 5.60 Å². The topological polar surface area (TPSA) is 97.8 Å². The molecule has 2 aliphatic rings. The Morgan fingerprint density at radius 1 is 1.06 bits per heavy atom. The molecule has 0 radical (unpaired) electrons. The number of ether oxygens (including phenoxy) is 2. The summed E-state index contributed by atoms with van der Waals surface area (Å²) in [7, 11) is 1.55. The molecule has 2 amide bonds. The van der Waals surface area contributed by atoms with Crippen LogP contribution in [-0.4, -0.2) is 47.8 Å². The van der Waals surface area contributed by atoms with E-state index in [1.165, 1.54) is 6.20 Å². The molecule has 2 aromatic carbocycles. The molecular weight excluding hydrogens is 422 g/mol. The van der Waals surface area contributed by atoms with E-state index in [1.807, 2.05) is 18.2 Å². The van der Waals surface area contributed by atoms with E-state index >= 15 is 0 Å². The molecule has 1 spiro atoms. The Hall–Kier alpha value is -4.20. The Morgan fingerprint density at radius 2 is 1.82 bits per heavy atom. The van der Waals surface area contributed by atoms with Crippen LogP contribution in [0.4, 0.5) is 0 Å². The van der Waals surface area contributed by atoms with Crippen molar-refractivity contribution >= 4 is 17.8 Å². The molecule has 5 rings (SSSR count). The molecule has 2 aliphatic heterocycles. The number of pyridine rings is 1. The number of nitrogens with zero attached hydrogens (tertiary/aromatic N) is 2. The van der Waals surface area contributed by atoms with Crippen LogP contribution in [0.2, 0.25) is 0 Å². The maximum atomic E-state index is 13.1. The third kappa shape index (κ3) is 3.69. The van der Waals surface area contributed by atoms with E-state index in [2.05, 4.69) is 10.3 Å². The molecule has 1 atom stereocenters. The predicted molar refractivity (Wildman–Crippen MR) is 118 cm³/mol.